The summed E-state index contributed by atoms with van der Waals surface area (Å²) < 4.78 is 5.93. The summed E-state index contributed by atoms with van der Waals surface area (Å²) in [6.45, 7) is 1.27. The van der Waals surface area contributed by atoms with Gasteiger partial charge in [-0.1, -0.05) is 0 Å². The topological polar surface area (TPSA) is 38.3 Å². The molecular weight excluding hydrogens is 254 g/mol. The molecule has 3 nitrogen and oxygen atoms in total. The second-order valence-electron chi connectivity index (χ2n) is 2.85. The zero-order valence-corrected chi connectivity index (χ0v) is 9.15. The molecule has 1 aliphatic rings. The Kier molecular flexibility index (Phi) is 2.66. The minimum absolute atomic E-state index is 0.0183. The Hall–Kier alpha value is -0.390. The molecule has 5 heteroatoms. The predicted molar refractivity (Wildman–Crippen MR) is 54.1 cm³/mol. The third-order valence-corrected chi connectivity index (χ3v) is 3.31. The monoisotopic (exact) mass is 261 g/mol. The molecule has 0 bridgehead atoms. The largest absolute Gasteiger partial charge is 0.377 e. The van der Waals surface area contributed by atoms with Gasteiger partial charge in [0.1, 0.15) is 0 Å². The zero-order valence-electron chi connectivity index (χ0n) is 6.75. The average Bonchev–Trinajstić information content (AvgIpc) is 2.44. The van der Waals surface area contributed by atoms with Gasteiger partial charge >= 0.3 is 0 Å². The van der Waals surface area contributed by atoms with Crippen molar-refractivity contribution in [3.8, 4) is 0 Å². The van der Waals surface area contributed by atoms with Crippen molar-refractivity contribution < 1.29 is 9.53 Å². The predicted octanol–water partition coefficient (Wildman–Crippen LogP) is 1.64. The third-order valence-electron chi connectivity index (χ3n) is 1.80. The number of hydrogen-bond donors (Lipinski definition) is 1. The number of amides is 1. The van der Waals surface area contributed by atoms with Gasteiger partial charge in [-0.15, -0.1) is 11.3 Å². The highest BCUT2D eigenvalue weighted by atomic mass is 79.9. The summed E-state index contributed by atoms with van der Waals surface area (Å²) in [5.74, 6) is -0.0183. The van der Waals surface area contributed by atoms with Crippen LogP contribution < -0.4 is 5.32 Å². The summed E-state index contributed by atoms with van der Waals surface area (Å²) in [5, 5.41) is 4.70. The van der Waals surface area contributed by atoms with Crippen LogP contribution in [0.4, 0.5) is 0 Å². The quantitative estimate of drug-likeness (QED) is 0.879. The first-order chi connectivity index (χ1) is 6.25. The molecule has 0 atom stereocenters. The number of carbonyl (C=O) groups excluding carboxylic acids is 1. The fourth-order valence-corrected chi connectivity index (χ4v) is 2.15. The Bertz CT molecular complexity index is 322. The van der Waals surface area contributed by atoms with Crippen molar-refractivity contribution in [1.82, 2.24) is 5.32 Å². The van der Waals surface area contributed by atoms with Gasteiger partial charge in [-0.25, -0.2) is 0 Å². The highest BCUT2D eigenvalue weighted by molar-refractivity contribution is 9.11. The SMILES string of the molecule is O=C(NC1COC1)c1csc(Br)c1. The number of thiophene rings is 1. The number of rotatable bonds is 2. The molecule has 2 rings (SSSR count). The van der Waals surface area contributed by atoms with Gasteiger partial charge < -0.3 is 10.1 Å². The van der Waals surface area contributed by atoms with Crippen molar-refractivity contribution in [2.75, 3.05) is 13.2 Å². The smallest absolute Gasteiger partial charge is 0.252 e. The van der Waals surface area contributed by atoms with E-state index in [2.05, 4.69) is 21.2 Å². The molecule has 1 N–H and O–H groups in total. The molecular formula is C8H8BrNO2S. The van der Waals surface area contributed by atoms with Gasteiger partial charge in [0.15, 0.2) is 0 Å². The number of ether oxygens (including phenoxy) is 1. The van der Waals surface area contributed by atoms with Crippen LogP contribution in [-0.2, 0) is 4.74 Å². The molecule has 2 heterocycles. The van der Waals surface area contributed by atoms with Gasteiger partial charge in [0.05, 0.1) is 28.6 Å². The number of carbonyl (C=O) groups is 1. The molecule has 1 saturated heterocycles. The van der Waals surface area contributed by atoms with E-state index in [0.717, 1.165) is 3.79 Å². The van der Waals surface area contributed by atoms with E-state index in [-0.39, 0.29) is 11.9 Å². The van der Waals surface area contributed by atoms with Crippen molar-refractivity contribution in [2.45, 2.75) is 6.04 Å². The minimum Gasteiger partial charge on any atom is -0.377 e. The van der Waals surface area contributed by atoms with E-state index in [9.17, 15) is 4.79 Å². The van der Waals surface area contributed by atoms with Crippen LogP contribution in [0.3, 0.4) is 0 Å². The summed E-state index contributed by atoms with van der Waals surface area (Å²) >= 11 is 4.82. The standard InChI is InChI=1S/C8H8BrNO2S/c9-7-1-5(4-13-7)8(11)10-6-2-12-3-6/h1,4,6H,2-3H2,(H,10,11). The molecule has 1 aliphatic heterocycles. The van der Waals surface area contributed by atoms with Crippen molar-refractivity contribution in [3.63, 3.8) is 0 Å². The Morgan fingerprint density at radius 1 is 1.69 bits per heavy atom. The molecule has 13 heavy (non-hydrogen) atoms. The highest BCUT2D eigenvalue weighted by Crippen LogP contribution is 2.20. The van der Waals surface area contributed by atoms with Crippen LogP contribution in [0.15, 0.2) is 15.2 Å². The maximum Gasteiger partial charge on any atom is 0.252 e. The lowest BCUT2D eigenvalue weighted by atomic mass is 10.2. The van der Waals surface area contributed by atoms with Crippen LogP contribution in [0.1, 0.15) is 10.4 Å². The van der Waals surface area contributed by atoms with Gasteiger partial charge in [0, 0.05) is 5.38 Å². The van der Waals surface area contributed by atoms with E-state index in [4.69, 9.17) is 4.74 Å². The average molecular weight is 262 g/mol. The fourth-order valence-electron chi connectivity index (χ4n) is 1.02. The molecule has 0 spiro atoms. The van der Waals surface area contributed by atoms with Crippen LogP contribution in [-0.4, -0.2) is 25.2 Å². The third kappa shape index (κ3) is 2.10. The summed E-state index contributed by atoms with van der Waals surface area (Å²) in [6.07, 6.45) is 0. The second kappa shape index (κ2) is 3.77. The lowest BCUT2D eigenvalue weighted by Crippen LogP contribution is -2.48. The van der Waals surface area contributed by atoms with Crippen LogP contribution in [0.2, 0.25) is 0 Å². The number of halogens is 1. The lowest BCUT2D eigenvalue weighted by molar-refractivity contribution is -0.00345. The van der Waals surface area contributed by atoms with E-state index >= 15 is 0 Å². The van der Waals surface area contributed by atoms with E-state index < -0.39 is 0 Å². The summed E-state index contributed by atoms with van der Waals surface area (Å²) in [4.78, 5) is 11.5. The van der Waals surface area contributed by atoms with Crippen molar-refractivity contribution in [3.05, 3.63) is 20.8 Å². The normalized spacial score (nSPS) is 16.7. The summed E-state index contributed by atoms with van der Waals surface area (Å²) in [7, 11) is 0. The van der Waals surface area contributed by atoms with E-state index in [1.54, 1.807) is 0 Å². The first kappa shape index (κ1) is 9.18. The van der Waals surface area contributed by atoms with Crippen molar-refractivity contribution in [1.29, 1.82) is 0 Å². The number of hydrogen-bond acceptors (Lipinski definition) is 3. The van der Waals surface area contributed by atoms with E-state index in [0.29, 0.717) is 18.8 Å². The molecule has 0 aromatic carbocycles. The summed E-state index contributed by atoms with van der Waals surface area (Å²) in [6, 6.07) is 2.02. The van der Waals surface area contributed by atoms with Crippen molar-refractivity contribution >= 4 is 33.2 Å². The minimum atomic E-state index is -0.0183. The molecule has 0 unspecified atom stereocenters. The second-order valence-corrected chi connectivity index (χ2v) is 5.14. The van der Waals surface area contributed by atoms with Crippen LogP contribution in [0.25, 0.3) is 0 Å². The zero-order chi connectivity index (χ0) is 9.26. The maximum absolute atomic E-state index is 11.5. The molecule has 70 valence electrons. The van der Waals surface area contributed by atoms with Gasteiger partial charge in [-0.3, -0.25) is 4.79 Å². The highest BCUT2D eigenvalue weighted by Gasteiger charge is 2.21. The maximum atomic E-state index is 11.5. The Balaban J connectivity index is 1.96. The van der Waals surface area contributed by atoms with Gasteiger partial charge in [-0.05, 0) is 22.0 Å². The number of nitrogens with one attached hydrogen (secondary N) is 1. The van der Waals surface area contributed by atoms with Gasteiger partial charge in [-0.2, -0.15) is 0 Å². The Morgan fingerprint density at radius 3 is 2.92 bits per heavy atom. The Morgan fingerprint density at radius 2 is 2.46 bits per heavy atom. The lowest BCUT2D eigenvalue weighted by Gasteiger charge is -2.26. The molecule has 1 amide bonds. The van der Waals surface area contributed by atoms with Crippen molar-refractivity contribution in [2.24, 2.45) is 0 Å². The first-order valence-corrected chi connectivity index (χ1v) is 5.55. The van der Waals surface area contributed by atoms with Crippen LogP contribution in [0, 0.1) is 0 Å². The van der Waals surface area contributed by atoms with E-state index in [1.165, 1.54) is 11.3 Å². The molecule has 1 fully saturated rings. The summed E-state index contributed by atoms with van der Waals surface area (Å²) in [5.41, 5.74) is 0.712. The molecule has 0 aliphatic carbocycles. The molecule has 1 aromatic rings. The first-order valence-electron chi connectivity index (χ1n) is 3.88. The Labute approximate surface area is 88.2 Å². The fraction of sp³-hybridized carbons (Fsp3) is 0.375. The molecule has 0 saturated carbocycles. The molecule has 0 radical (unpaired) electrons. The van der Waals surface area contributed by atoms with Gasteiger partial charge in [0.2, 0.25) is 0 Å². The van der Waals surface area contributed by atoms with E-state index in [1.807, 2.05) is 11.4 Å². The molecule has 1 aromatic heterocycles. The van der Waals surface area contributed by atoms with Crippen LogP contribution in [0.5, 0.6) is 0 Å². The van der Waals surface area contributed by atoms with Crippen LogP contribution >= 0.6 is 27.3 Å². The van der Waals surface area contributed by atoms with Gasteiger partial charge in [0.25, 0.3) is 5.91 Å².